The van der Waals surface area contributed by atoms with Crippen molar-refractivity contribution < 1.29 is 14.3 Å². The second-order valence-corrected chi connectivity index (χ2v) is 6.29. The first-order chi connectivity index (χ1) is 12.1. The van der Waals surface area contributed by atoms with E-state index in [4.69, 9.17) is 4.74 Å². The highest BCUT2D eigenvalue weighted by atomic mass is 16.5. The molecule has 1 aliphatic carbocycles. The van der Waals surface area contributed by atoms with Gasteiger partial charge in [0.05, 0.1) is 6.10 Å². The molecule has 138 valence electrons. The topological polar surface area (TPSA) is 70.7 Å². The van der Waals surface area contributed by atoms with Gasteiger partial charge in [-0.15, -0.1) is 0 Å². The van der Waals surface area contributed by atoms with Crippen LogP contribution in [0.1, 0.15) is 45.1 Å². The van der Waals surface area contributed by atoms with Crippen LogP contribution in [0.2, 0.25) is 0 Å². The number of nitrogens with zero attached hydrogens (tertiary/aromatic N) is 1. The maximum Gasteiger partial charge on any atom is 0.318 e. The summed E-state index contributed by atoms with van der Waals surface area (Å²) in [5.41, 5.74) is 1.00. The third-order valence-electron chi connectivity index (χ3n) is 4.35. The Morgan fingerprint density at radius 3 is 2.40 bits per heavy atom. The summed E-state index contributed by atoms with van der Waals surface area (Å²) in [6.07, 6.45) is 5.11. The van der Waals surface area contributed by atoms with Crippen LogP contribution in [0, 0.1) is 0 Å². The van der Waals surface area contributed by atoms with Gasteiger partial charge in [0.25, 0.3) is 0 Å². The molecule has 2 rings (SSSR count). The van der Waals surface area contributed by atoms with Crippen LogP contribution in [-0.4, -0.2) is 42.6 Å². The molecule has 2 N–H and O–H groups in total. The van der Waals surface area contributed by atoms with Crippen LogP contribution in [0.4, 0.5) is 4.79 Å². The largest absolute Gasteiger partial charge is 0.490 e. The maximum absolute atomic E-state index is 12.2. The van der Waals surface area contributed by atoms with Crippen LogP contribution in [0.15, 0.2) is 24.3 Å². The molecule has 6 nitrogen and oxygen atoms in total. The Morgan fingerprint density at radius 1 is 1.12 bits per heavy atom. The van der Waals surface area contributed by atoms with Crippen LogP contribution < -0.4 is 15.4 Å². The Kier molecular flexibility index (Phi) is 7.57. The number of carbonyl (C=O) groups is 2. The van der Waals surface area contributed by atoms with Gasteiger partial charge in [-0.3, -0.25) is 4.79 Å². The highest BCUT2D eigenvalue weighted by Gasteiger charge is 2.17. The van der Waals surface area contributed by atoms with Gasteiger partial charge in [0.15, 0.2) is 0 Å². The fourth-order valence-corrected chi connectivity index (χ4v) is 2.93. The van der Waals surface area contributed by atoms with Crippen molar-refractivity contribution in [2.45, 2.75) is 52.2 Å². The van der Waals surface area contributed by atoms with Crippen molar-refractivity contribution in [2.24, 2.45) is 0 Å². The molecule has 0 spiro atoms. The first kappa shape index (κ1) is 19.1. The number of carbonyl (C=O) groups excluding carboxylic acids is 2. The molecule has 0 aromatic heterocycles. The number of benzene rings is 1. The lowest BCUT2D eigenvalue weighted by molar-refractivity contribution is -0.121. The molecular weight excluding hydrogens is 318 g/mol. The average molecular weight is 347 g/mol. The summed E-state index contributed by atoms with van der Waals surface area (Å²) in [4.78, 5) is 25.3. The lowest BCUT2D eigenvalue weighted by atomic mass is 10.2. The van der Waals surface area contributed by atoms with Gasteiger partial charge in [-0.1, -0.05) is 12.1 Å². The molecule has 1 aromatic carbocycles. The average Bonchev–Trinajstić information content (AvgIpc) is 3.12. The summed E-state index contributed by atoms with van der Waals surface area (Å²) in [7, 11) is 0. The van der Waals surface area contributed by atoms with Crippen LogP contribution in [0.3, 0.4) is 0 Å². The molecule has 3 amide bonds. The number of rotatable bonds is 8. The van der Waals surface area contributed by atoms with E-state index >= 15 is 0 Å². The van der Waals surface area contributed by atoms with E-state index in [-0.39, 0.29) is 18.5 Å². The Hall–Kier alpha value is -2.24. The number of hydrogen-bond donors (Lipinski definition) is 2. The van der Waals surface area contributed by atoms with Crippen LogP contribution in [0.25, 0.3) is 0 Å². The molecule has 0 bridgehead atoms. The Morgan fingerprint density at radius 2 is 1.80 bits per heavy atom. The maximum atomic E-state index is 12.2. The molecule has 25 heavy (non-hydrogen) atoms. The number of hydrogen-bond acceptors (Lipinski definition) is 3. The highest BCUT2D eigenvalue weighted by molar-refractivity contribution is 5.83. The summed E-state index contributed by atoms with van der Waals surface area (Å²) in [5.74, 6) is 0.737. The number of likely N-dealkylation sites (N-methyl/N-ethyl adjacent to an activating group) is 2. The van der Waals surface area contributed by atoms with E-state index in [1.807, 2.05) is 38.1 Å². The summed E-state index contributed by atoms with van der Waals surface area (Å²) in [6.45, 7) is 5.26. The van der Waals surface area contributed by atoms with Crippen molar-refractivity contribution in [3.8, 4) is 5.75 Å². The Balaban J connectivity index is 1.78. The van der Waals surface area contributed by atoms with E-state index < -0.39 is 0 Å². The predicted octanol–water partition coefficient (Wildman–Crippen LogP) is 2.68. The van der Waals surface area contributed by atoms with Crippen molar-refractivity contribution in [3.05, 3.63) is 29.8 Å². The van der Waals surface area contributed by atoms with Gasteiger partial charge in [0, 0.05) is 19.6 Å². The van der Waals surface area contributed by atoms with Gasteiger partial charge in [-0.05, 0) is 57.2 Å². The number of ether oxygens (including phenoxy) is 1. The first-order valence-corrected chi connectivity index (χ1v) is 9.17. The van der Waals surface area contributed by atoms with Gasteiger partial charge in [-0.25, -0.2) is 4.79 Å². The van der Waals surface area contributed by atoms with E-state index in [1.54, 1.807) is 0 Å². The molecule has 1 fully saturated rings. The molecule has 0 unspecified atom stereocenters. The molecule has 0 atom stereocenters. The summed E-state index contributed by atoms with van der Waals surface area (Å²) in [6, 6.07) is 7.59. The molecule has 0 radical (unpaired) electrons. The Bertz CT molecular complexity index is 554. The highest BCUT2D eigenvalue weighted by Crippen LogP contribution is 2.24. The normalized spacial score (nSPS) is 14.2. The van der Waals surface area contributed by atoms with Crippen LogP contribution >= 0.6 is 0 Å². The standard InChI is InChI=1S/C19H29N3O3/c1-3-20-18(23)14-22(4-2)19(24)21-13-15-9-11-17(12-10-15)25-16-7-5-6-8-16/h9-12,16H,3-8,13-14H2,1-2H3,(H,20,23)(H,21,24). The second kappa shape index (κ2) is 9.91. The van der Waals surface area contributed by atoms with E-state index in [2.05, 4.69) is 10.6 Å². The zero-order valence-electron chi connectivity index (χ0n) is 15.2. The lowest BCUT2D eigenvalue weighted by Gasteiger charge is -2.20. The number of amides is 3. The van der Waals surface area contributed by atoms with E-state index in [0.717, 1.165) is 24.2 Å². The van der Waals surface area contributed by atoms with Crippen molar-refractivity contribution in [1.82, 2.24) is 15.5 Å². The number of urea groups is 1. The second-order valence-electron chi connectivity index (χ2n) is 6.29. The fraction of sp³-hybridized carbons (Fsp3) is 0.579. The van der Waals surface area contributed by atoms with Crippen molar-refractivity contribution >= 4 is 11.9 Å². The monoisotopic (exact) mass is 347 g/mol. The third-order valence-corrected chi connectivity index (χ3v) is 4.35. The first-order valence-electron chi connectivity index (χ1n) is 9.17. The van der Waals surface area contributed by atoms with Crippen molar-refractivity contribution in [1.29, 1.82) is 0 Å². The predicted molar refractivity (Wildman–Crippen MR) is 97.5 cm³/mol. The summed E-state index contributed by atoms with van der Waals surface area (Å²) >= 11 is 0. The third kappa shape index (κ3) is 6.29. The summed E-state index contributed by atoms with van der Waals surface area (Å²) < 4.78 is 5.94. The Labute approximate surface area is 149 Å². The van der Waals surface area contributed by atoms with Crippen LogP contribution in [-0.2, 0) is 11.3 Å². The van der Waals surface area contributed by atoms with Crippen molar-refractivity contribution in [3.63, 3.8) is 0 Å². The SMILES string of the molecule is CCNC(=O)CN(CC)C(=O)NCc1ccc(OC2CCCC2)cc1. The minimum Gasteiger partial charge on any atom is -0.490 e. The quantitative estimate of drug-likeness (QED) is 0.759. The molecular formula is C19H29N3O3. The van der Waals surface area contributed by atoms with Gasteiger partial charge in [0.2, 0.25) is 5.91 Å². The lowest BCUT2D eigenvalue weighted by Crippen LogP contribution is -2.45. The van der Waals surface area contributed by atoms with Gasteiger partial charge in [-0.2, -0.15) is 0 Å². The molecule has 1 aromatic rings. The zero-order chi connectivity index (χ0) is 18.1. The molecule has 1 saturated carbocycles. The van der Waals surface area contributed by atoms with Crippen LogP contribution in [0.5, 0.6) is 5.75 Å². The van der Waals surface area contributed by atoms with Crippen molar-refractivity contribution in [2.75, 3.05) is 19.6 Å². The summed E-state index contributed by atoms with van der Waals surface area (Å²) in [5, 5.41) is 5.56. The smallest absolute Gasteiger partial charge is 0.318 e. The molecule has 6 heteroatoms. The van der Waals surface area contributed by atoms with Gasteiger partial charge in [0.1, 0.15) is 12.3 Å². The van der Waals surface area contributed by atoms with Gasteiger partial charge >= 0.3 is 6.03 Å². The van der Waals surface area contributed by atoms with Gasteiger partial charge < -0.3 is 20.3 Å². The molecule has 1 aliphatic rings. The van der Waals surface area contributed by atoms with E-state index in [0.29, 0.717) is 25.7 Å². The molecule has 0 aliphatic heterocycles. The number of nitrogens with one attached hydrogen (secondary N) is 2. The van der Waals surface area contributed by atoms with E-state index in [1.165, 1.54) is 17.7 Å². The molecule has 0 heterocycles. The zero-order valence-corrected chi connectivity index (χ0v) is 15.2. The minimum absolute atomic E-state index is 0.0737. The molecule has 0 saturated heterocycles. The minimum atomic E-state index is -0.236. The van der Waals surface area contributed by atoms with E-state index in [9.17, 15) is 9.59 Å². The fourth-order valence-electron chi connectivity index (χ4n) is 2.93.